The number of benzene rings is 1. The Morgan fingerprint density at radius 3 is 2.66 bits per heavy atom. The Balaban J connectivity index is 1.32. The van der Waals surface area contributed by atoms with Crippen LogP contribution in [0.3, 0.4) is 0 Å². The Labute approximate surface area is 175 Å². The van der Waals surface area contributed by atoms with Crippen LogP contribution in [0.1, 0.15) is 24.0 Å². The van der Waals surface area contributed by atoms with Crippen molar-refractivity contribution < 1.29 is 9.59 Å². The quantitative estimate of drug-likeness (QED) is 0.678. The molecule has 1 aliphatic heterocycles. The number of likely N-dealkylation sites (tertiary alicyclic amines) is 1. The van der Waals surface area contributed by atoms with Crippen LogP contribution in [0.15, 0.2) is 66.3 Å². The summed E-state index contributed by atoms with van der Waals surface area (Å²) in [6.07, 6.45) is 6.11. The van der Waals surface area contributed by atoms with E-state index in [2.05, 4.69) is 16.0 Å². The van der Waals surface area contributed by atoms with E-state index in [-0.39, 0.29) is 17.7 Å². The first-order chi connectivity index (χ1) is 14.2. The molecule has 0 bridgehead atoms. The van der Waals surface area contributed by atoms with E-state index < -0.39 is 0 Å². The molecule has 1 saturated heterocycles. The van der Waals surface area contributed by atoms with Crippen LogP contribution >= 0.6 is 11.3 Å². The third-order valence-corrected chi connectivity index (χ3v) is 6.33. The molecule has 0 unspecified atom stereocenters. The molecule has 2 aromatic heterocycles. The Bertz CT molecular complexity index is 950. The van der Waals surface area contributed by atoms with Crippen LogP contribution in [-0.2, 0) is 22.6 Å². The fourth-order valence-electron chi connectivity index (χ4n) is 3.79. The number of hydrogen-bond acceptors (Lipinski definition) is 3. The van der Waals surface area contributed by atoms with Crippen LogP contribution in [0.5, 0.6) is 0 Å². The van der Waals surface area contributed by atoms with Gasteiger partial charge in [0.2, 0.25) is 11.8 Å². The van der Waals surface area contributed by atoms with E-state index in [9.17, 15) is 9.59 Å². The highest BCUT2D eigenvalue weighted by molar-refractivity contribution is 7.12. The maximum Gasteiger partial charge on any atom is 0.227 e. The Kier molecular flexibility index (Phi) is 6.10. The molecular weight excluding hydrogens is 382 g/mol. The largest absolute Gasteiger partial charge is 0.352 e. The van der Waals surface area contributed by atoms with Crippen molar-refractivity contribution in [3.05, 3.63) is 77.4 Å². The van der Waals surface area contributed by atoms with Crippen molar-refractivity contribution in [3.63, 3.8) is 0 Å². The zero-order chi connectivity index (χ0) is 20.1. The van der Waals surface area contributed by atoms with Crippen LogP contribution in [0.25, 0.3) is 5.00 Å². The number of nitrogens with zero attached hydrogens (tertiary/aromatic N) is 2. The SMILES string of the molecule is O=C(NCc1ccsc1-n1cccc1)[C@H]1CCCN(C(=O)Cc2ccccc2)C1. The summed E-state index contributed by atoms with van der Waals surface area (Å²) in [4.78, 5) is 27.3. The minimum Gasteiger partial charge on any atom is -0.352 e. The molecule has 6 heteroatoms. The number of rotatable bonds is 6. The molecule has 29 heavy (non-hydrogen) atoms. The second-order valence-electron chi connectivity index (χ2n) is 7.40. The van der Waals surface area contributed by atoms with E-state index in [4.69, 9.17) is 0 Å². The maximum atomic E-state index is 12.8. The van der Waals surface area contributed by atoms with Crippen molar-refractivity contribution in [2.45, 2.75) is 25.8 Å². The number of carbonyl (C=O) groups excluding carboxylic acids is 2. The van der Waals surface area contributed by atoms with E-state index in [1.54, 1.807) is 11.3 Å². The van der Waals surface area contributed by atoms with Crippen LogP contribution in [-0.4, -0.2) is 34.4 Å². The molecule has 0 radical (unpaired) electrons. The van der Waals surface area contributed by atoms with Gasteiger partial charge < -0.3 is 14.8 Å². The molecule has 0 saturated carbocycles. The standard InChI is InChI=1S/C23H25N3O2S/c27-21(15-18-7-2-1-3-8-18)26-13-6-9-20(17-26)22(28)24-16-19-10-14-29-23(19)25-11-4-5-12-25/h1-5,7-8,10-12,14,20H,6,9,13,15-17H2,(H,24,28)/t20-/m0/s1. The van der Waals surface area contributed by atoms with Gasteiger partial charge in [-0.1, -0.05) is 30.3 Å². The maximum absolute atomic E-state index is 12.8. The fourth-order valence-corrected chi connectivity index (χ4v) is 4.68. The lowest BCUT2D eigenvalue weighted by Crippen LogP contribution is -2.45. The molecule has 150 valence electrons. The summed E-state index contributed by atoms with van der Waals surface area (Å²) in [6.45, 7) is 1.74. The van der Waals surface area contributed by atoms with Crippen molar-refractivity contribution >= 4 is 23.2 Å². The first kappa shape index (κ1) is 19.5. The smallest absolute Gasteiger partial charge is 0.227 e. The lowest BCUT2D eigenvalue weighted by molar-refractivity contribution is -0.135. The van der Waals surface area contributed by atoms with E-state index in [1.807, 2.05) is 65.1 Å². The fraction of sp³-hybridized carbons (Fsp3) is 0.304. The number of piperidine rings is 1. The lowest BCUT2D eigenvalue weighted by Gasteiger charge is -2.32. The summed E-state index contributed by atoms with van der Waals surface area (Å²) in [5.41, 5.74) is 2.12. The summed E-state index contributed by atoms with van der Waals surface area (Å²) in [5, 5.41) is 6.25. The van der Waals surface area contributed by atoms with Gasteiger partial charge in [0.15, 0.2) is 0 Å². The average molecular weight is 408 g/mol. The van der Waals surface area contributed by atoms with E-state index in [0.717, 1.165) is 35.5 Å². The number of nitrogens with one attached hydrogen (secondary N) is 1. The molecule has 1 aromatic carbocycles. The summed E-state index contributed by atoms with van der Waals surface area (Å²) in [5.74, 6) is -0.00886. The molecule has 4 rings (SSSR count). The summed E-state index contributed by atoms with van der Waals surface area (Å²) in [7, 11) is 0. The predicted octanol–water partition coefficient (Wildman–Crippen LogP) is 3.64. The van der Waals surface area contributed by atoms with Crippen LogP contribution in [0.4, 0.5) is 0 Å². The summed E-state index contributed by atoms with van der Waals surface area (Å²) < 4.78 is 2.07. The van der Waals surface area contributed by atoms with Crippen molar-refractivity contribution in [2.24, 2.45) is 5.92 Å². The third-order valence-electron chi connectivity index (χ3n) is 5.36. The Hall–Kier alpha value is -2.86. The van der Waals surface area contributed by atoms with Gasteiger partial charge in [-0.3, -0.25) is 9.59 Å². The summed E-state index contributed by atoms with van der Waals surface area (Å²) >= 11 is 1.66. The Morgan fingerprint density at radius 1 is 1.07 bits per heavy atom. The van der Waals surface area contributed by atoms with Crippen molar-refractivity contribution in [1.29, 1.82) is 0 Å². The molecule has 1 fully saturated rings. The van der Waals surface area contributed by atoms with Gasteiger partial charge in [0, 0.05) is 37.6 Å². The highest BCUT2D eigenvalue weighted by Gasteiger charge is 2.28. The minimum absolute atomic E-state index is 0.0341. The van der Waals surface area contributed by atoms with Gasteiger partial charge in [-0.25, -0.2) is 0 Å². The summed E-state index contributed by atoms with van der Waals surface area (Å²) in [6, 6.07) is 15.8. The van der Waals surface area contributed by atoms with Gasteiger partial charge in [-0.2, -0.15) is 0 Å². The van der Waals surface area contributed by atoms with Crippen LogP contribution in [0, 0.1) is 5.92 Å². The highest BCUT2D eigenvalue weighted by Crippen LogP contribution is 2.23. The Morgan fingerprint density at radius 2 is 1.86 bits per heavy atom. The normalized spacial score (nSPS) is 16.6. The molecule has 3 aromatic rings. The van der Waals surface area contributed by atoms with Crippen molar-refractivity contribution in [1.82, 2.24) is 14.8 Å². The van der Waals surface area contributed by atoms with Crippen LogP contribution < -0.4 is 5.32 Å². The molecule has 2 amide bonds. The molecule has 0 spiro atoms. The van der Waals surface area contributed by atoms with E-state index >= 15 is 0 Å². The third kappa shape index (κ3) is 4.77. The molecule has 1 N–H and O–H groups in total. The van der Waals surface area contributed by atoms with Gasteiger partial charge in [0.1, 0.15) is 5.00 Å². The topological polar surface area (TPSA) is 54.3 Å². The first-order valence-electron chi connectivity index (χ1n) is 10.00. The average Bonchev–Trinajstić information content (AvgIpc) is 3.44. The molecule has 1 aliphatic rings. The van der Waals surface area contributed by atoms with Gasteiger partial charge in [-0.05, 0) is 42.0 Å². The van der Waals surface area contributed by atoms with Gasteiger partial charge in [-0.15, -0.1) is 11.3 Å². The predicted molar refractivity (Wildman–Crippen MR) is 115 cm³/mol. The molecule has 5 nitrogen and oxygen atoms in total. The van der Waals surface area contributed by atoms with Gasteiger partial charge in [0.25, 0.3) is 0 Å². The van der Waals surface area contributed by atoms with E-state index in [1.165, 1.54) is 0 Å². The number of thiophene rings is 1. The van der Waals surface area contributed by atoms with Crippen molar-refractivity contribution in [3.8, 4) is 5.00 Å². The number of hydrogen-bond donors (Lipinski definition) is 1. The second kappa shape index (κ2) is 9.09. The van der Waals surface area contributed by atoms with E-state index in [0.29, 0.717) is 19.5 Å². The van der Waals surface area contributed by atoms with Gasteiger partial charge >= 0.3 is 0 Å². The highest BCUT2D eigenvalue weighted by atomic mass is 32.1. The van der Waals surface area contributed by atoms with Crippen molar-refractivity contribution in [2.75, 3.05) is 13.1 Å². The van der Waals surface area contributed by atoms with Crippen LogP contribution in [0.2, 0.25) is 0 Å². The monoisotopic (exact) mass is 407 g/mol. The molecule has 1 atom stereocenters. The minimum atomic E-state index is -0.142. The molecular formula is C23H25N3O2S. The zero-order valence-electron chi connectivity index (χ0n) is 16.3. The van der Waals surface area contributed by atoms with Gasteiger partial charge in [0.05, 0.1) is 12.3 Å². The molecule has 3 heterocycles. The lowest BCUT2D eigenvalue weighted by atomic mass is 9.96. The zero-order valence-corrected chi connectivity index (χ0v) is 17.1. The molecule has 0 aliphatic carbocycles. The number of aromatic nitrogens is 1. The number of amides is 2. The second-order valence-corrected chi connectivity index (χ2v) is 8.29. The number of carbonyl (C=O) groups is 2. The first-order valence-corrected chi connectivity index (χ1v) is 10.9.